The van der Waals surface area contributed by atoms with Crippen LogP contribution < -0.4 is 0 Å². The van der Waals surface area contributed by atoms with Gasteiger partial charge in [-0.15, -0.1) is 0 Å². The first-order chi connectivity index (χ1) is 2.77. The molecule has 0 amide bonds. The number of hydrogen-bond acceptors (Lipinski definition) is 1. The largest absolute Gasteiger partial charge is 0.463 e. The third kappa shape index (κ3) is 3.41. The van der Waals surface area contributed by atoms with Crippen LogP contribution in [0.25, 0.3) is 0 Å². The number of ether oxygens (including phenoxy) is 1. The molecule has 0 aliphatic carbocycles. The van der Waals surface area contributed by atoms with E-state index in [-0.39, 0.29) is 0 Å². The maximum Gasteiger partial charge on any atom is 0.269 e. The molecule has 0 radical (unpaired) electrons. The standard InChI is InChI=1S/C5H9O/c1-4-6-5(2)3/h2-4H2,1H3/q+1. The van der Waals surface area contributed by atoms with Gasteiger partial charge in [0, 0.05) is 0 Å². The van der Waals surface area contributed by atoms with Gasteiger partial charge in [-0.3, -0.25) is 0 Å². The Morgan fingerprint density at radius 2 is 2.50 bits per heavy atom. The van der Waals surface area contributed by atoms with Gasteiger partial charge in [0.1, 0.15) is 0 Å². The normalized spacial score (nSPS) is 7.50. The van der Waals surface area contributed by atoms with E-state index in [4.69, 9.17) is 4.74 Å². The van der Waals surface area contributed by atoms with E-state index in [1.165, 1.54) is 0 Å². The summed E-state index contributed by atoms with van der Waals surface area (Å²) in [6, 6.07) is 0. The minimum absolute atomic E-state index is 0.539. The lowest BCUT2D eigenvalue weighted by atomic mass is 10.6. The molecule has 0 aromatic carbocycles. The molecule has 0 fully saturated rings. The Kier molecular flexibility index (Phi) is 2.38. The molecule has 0 rings (SSSR count). The van der Waals surface area contributed by atoms with E-state index in [0.717, 1.165) is 0 Å². The van der Waals surface area contributed by atoms with E-state index in [9.17, 15) is 0 Å². The molecule has 6 heavy (non-hydrogen) atoms. The average molecular weight is 85.1 g/mol. The monoisotopic (exact) mass is 85.1 g/mol. The van der Waals surface area contributed by atoms with Gasteiger partial charge in [0.05, 0.1) is 20.1 Å². The van der Waals surface area contributed by atoms with Crippen molar-refractivity contribution in [2.24, 2.45) is 0 Å². The van der Waals surface area contributed by atoms with Crippen molar-refractivity contribution in [3.63, 3.8) is 0 Å². The van der Waals surface area contributed by atoms with Crippen molar-refractivity contribution in [1.82, 2.24) is 0 Å². The Balaban J connectivity index is 2.83. The van der Waals surface area contributed by atoms with Crippen molar-refractivity contribution in [3.05, 3.63) is 19.3 Å². The predicted octanol–water partition coefficient (Wildman–Crippen LogP) is 1.37. The average Bonchev–Trinajstić information content (AvgIpc) is 1.35. The fourth-order valence-corrected chi connectivity index (χ4v) is 0.204. The van der Waals surface area contributed by atoms with E-state index >= 15 is 0 Å². The van der Waals surface area contributed by atoms with Crippen LogP contribution in [0.5, 0.6) is 0 Å². The first kappa shape index (κ1) is 5.41. The third-order valence-electron chi connectivity index (χ3n) is 0.348. The molecule has 0 bridgehead atoms. The second-order valence-corrected chi connectivity index (χ2v) is 0.972. The molecule has 0 spiro atoms. The van der Waals surface area contributed by atoms with Crippen LogP contribution in [0.3, 0.4) is 0 Å². The summed E-state index contributed by atoms with van der Waals surface area (Å²) >= 11 is 0. The van der Waals surface area contributed by atoms with Crippen molar-refractivity contribution in [2.45, 2.75) is 6.92 Å². The van der Waals surface area contributed by atoms with Gasteiger partial charge in [-0.2, -0.15) is 0 Å². The maximum atomic E-state index is 4.74. The van der Waals surface area contributed by atoms with E-state index < -0.39 is 0 Å². The zero-order valence-corrected chi connectivity index (χ0v) is 4.03. The quantitative estimate of drug-likeness (QED) is 0.363. The van der Waals surface area contributed by atoms with Crippen LogP contribution in [0.2, 0.25) is 0 Å². The highest BCUT2D eigenvalue weighted by molar-refractivity contribution is 4.84. The summed E-state index contributed by atoms with van der Waals surface area (Å²) in [4.78, 5) is 0. The van der Waals surface area contributed by atoms with Crippen LogP contribution >= 0.6 is 0 Å². The highest BCUT2D eigenvalue weighted by atomic mass is 16.5. The van der Waals surface area contributed by atoms with Crippen molar-refractivity contribution >= 4 is 0 Å². The van der Waals surface area contributed by atoms with E-state index in [2.05, 4.69) is 13.5 Å². The van der Waals surface area contributed by atoms with Crippen molar-refractivity contribution in [1.29, 1.82) is 0 Å². The summed E-state index contributed by atoms with van der Waals surface area (Å²) in [6.45, 7) is 9.39. The van der Waals surface area contributed by atoms with Crippen molar-refractivity contribution in [2.75, 3.05) is 6.61 Å². The van der Waals surface area contributed by atoms with Gasteiger partial charge in [-0.05, 0) is 6.92 Å². The van der Waals surface area contributed by atoms with Gasteiger partial charge < -0.3 is 4.74 Å². The first-order valence-corrected chi connectivity index (χ1v) is 1.91. The van der Waals surface area contributed by atoms with Gasteiger partial charge in [-0.1, -0.05) is 0 Å². The number of rotatable bonds is 2. The van der Waals surface area contributed by atoms with Crippen LogP contribution in [0, 0.1) is 6.92 Å². The fourth-order valence-electron chi connectivity index (χ4n) is 0.204. The lowest BCUT2D eigenvalue weighted by molar-refractivity contribution is 0.243. The second kappa shape index (κ2) is 2.64. The van der Waals surface area contributed by atoms with Crippen LogP contribution in [-0.4, -0.2) is 6.61 Å². The molecular weight excluding hydrogens is 76.1 g/mol. The van der Waals surface area contributed by atoms with E-state index in [0.29, 0.717) is 12.4 Å². The zero-order valence-electron chi connectivity index (χ0n) is 4.03. The molecule has 0 N–H and O–H groups in total. The summed E-state index contributed by atoms with van der Waals surface area (Å²) in [7, 11) is 0. The molecule has 0 aromatic heterocycles. The molecule has 0 aromatic rings. The summed E-state index contributed by atoms with van der Waals surface area (Å²) < 4.78 is 4.74. The Morgan fingerprint density at radius 1 is 2.00 bits per heavy atom. The van der Waals surface area contributed by atoms with Crippen LogP contribution in [-0.2, 0) is 4.74 Å². The summed E-state index contributed by atoms with van der Waals surface area (Å²) in [5.41, 5.74) is 0. The topological polar surface area (TPSA) is 9.23 Å². The lowest BCUT2D eigenvalue weighted by Gasteiger charge is -1.88. The van der Waals surface area contributed by atoms with Crippen LogP contribution in [0.4, 0.5) is 0 Å². The third-order valence-corrected chi connectivity index (χ3v) is 0.348. The van der Waals surface area contributed by atoms with Crippen molar-refractivity contribution in [3.8, 4) is 0 Å². The zero-order chi connectivity index (χ0) is 4.99. The first-order valence-electron chi connectivity index (χ1n) is 1.91. The molecule has 0 unspecified atom stereocenters. The maximum absolute atomic E-state index is 4.74. The summed E-state index contributed by atoms with van der Waals surface area (Å²) in [5.74, 6) is 0.539. The molecule has 1 heteroatoms. The van der Waals surface area contributed by atoms with E-state index in [1.54, 1.807) is 0 Å². The highest BCUT2D eigenvalue weighted by Gasteiger charge is 1.82. The Morgan fingerprint density at radius 3 is 2.50 bits per heavy atom. The molecular formula is C5H9O+. The van der Waals surface area contributed by atoms with Gasteiger partial charge in [0.15, 0.2) is 0 Å². The molecule has 34 valence electrons. The molecule has 0 atom stereocenters. The minimum atomic E-state index is 0.539. The van der Waals surface area contributed by atoms with Gasteiger partial charge in [-0.25, -0.2) is 0 Å². The van der Waals surface area contributed by atoms with Gasteiger partial charge >= 0.3 is 0 Å². The molecule has 0 saturated heterocycles. The Bertz CT molecular complexity index is 47.9. The smallest absolute Gasteiger partial charge is 0.269 e. The molecule has 0 saturated carbocycles. The number of hydrogen-bond donors (Lipinski definition) is 0. The Labute approximate surface area is 38.6 Å². The summed E-state index contributed by atoms with van der Waals surface area (Å²) in [5, 5.41) is 0. The van der Waals surface area contributed by atoms with Gasteiger partial charge in [0.25, 0.3) is 5.76 Å². The Hall–Kier alpha value is -0.590. The predicted molar refractivity (Wildman–Crippen MR) is 26.1 cm³/mol. The van der Waals surface area contributed by atoms with Crippen molar-refractivity contribution < 1.29 is 4.74 Å². The van der Waals surface area contributed by atoms with Gasteiger partial charge in [0.2, 0.25) is 0 Å². The lowest BCUT2D eigenvalue weighted by Crippen LogP contribution is -1.81. The van der Waals surface area contributed by atoms with E-state index in [1.807, 2.05) is 6.92 Å². The minimum Gasteiger partial charge on any atom is -0.463 e. The fraction of sp³-hybridized carbons (Fsp3) is 0.400. The molecule has 0 aliphatic rings. The molecule has 0 heterocycles. The molecule has 0 aliphatic heterocycles. The summed E-state index contributed by atoms with van der Waals surface area (Å²) in [6.07, 6.45) is 0. The highest BCUT2D eigenvalue weighted by Crippen LogP contribution is 1.84. The SMILES string of the molecule is C=C([CH2+])OCC. The van der Waals surface area contributed by atoms with Crippen LogP contribution in [0.15, 0.2) is 12.3 Å². The number of allylic oxidation sites excluding steroid dienone is 1. The molecule has 1 nitrogen and oxygen atoms in total. The van der Waals surface area contributed by atoms with Crippen LogP contribution in [0.1, 0.15) is 6.92 Å². The second-order valence-electron chi connectivity index (χ2n) is 0.972.